The van der Waals surface area contributed by atoms with Crippen molar-refractivity contribution in [3.63, 3.8) is 0 Å². The Balaban J connectivity index is 3.93. The van der Waals surface area contributed by atoms with Gasteiger partial charge in [0.05, 0.1) is 0 Å². The Kier molecular flexibility index (Phi) is 4.87. The smallest absolute Gasteiger partial charge is 0.136 e. The van der Waals surface area contributed by atoms with Gasteiger partial charge < -0.3 is 0 Å². The second kappa shape index (κ2) is 5.13. The monoisotopic (exact) mass is 168 g/mol. The standard InChI is InChI=1S/C11H20O/c1-8(2)6-10(5)7-11(12)9(3)4/h6,9-10H,7H2,1-5H3. The molecular formula is C11H20O. The maximum atomic E-state index is 11.3. The molecule has 0 fully saturated rings. The van der Waals surface area contributed by atoms with Crippen molar-refractivity contribution in [2.45, 2.75) is 41.0 Å². The highest BCUT2D eigenvalue weighted by molar-refractivity contribution is 5.80. The Bertz CT molecular complexity index is 173. The summed E-state index contributed by atoms with van der Waals surface area (Å²) in [5, 5.41) is 0. The van der Waals surface area contributed by atoms with Gasteiger partial charge in [0.2, 0.25) is 0 Å². The largest absolute Gasteiger partial charge is 0.299 e. The van der Waals surface area contributed by atoms with Crippen molar-refractivity contribution in [2.75, 3.05) is 0 Å². The Hall–Kier alpha value is -0.590. The summed E-state index contributed by atoms with van der Waals surface area (Å²) in [4.78, 5) is 11.3. The number of hydrogen-bond donors (Lipinski definition) is 0. The van der Waals surface area contributed by atoms with Crippen molar-refractivity contribution in [3.8, 4) is 0 Å². The van der Waals surface area contributed by atoms with Gasteiger partial charge in [0, 0.05) is 12.3 Å². The van der Waals surface area contributed by atoms with E-state index in [1.54, 1.807) is 0 Å². The lowest BCUT2D eigenvalue weighted by Gasteiger charge is -2.08. The van der Waals surface area contributed by atoms with Crippen LogP contribution in [-0.4, -0.2) is 5.78 Å². The first-order valence-corrected chi connectivity index (χ1v) is 4.61. The predicted molar refractivity (Wildman–Crippen MR) is 53.1 cm³/mol. The minimum atomic E-state index is 0.179. The van der Waals surface area contributed by atoms with Crippen LogP contribution in [0.1, 0.15) is 41.0 Å². The SMILES string of the molecule is CC(C)=CC(C)CC(=O)C(C)C. The Labute approximate surface area is 75.9 Å². The van der Waals surface area contributed by atoms with E-state index in [-0.39, 0.29) is 5.92 Å². The lowest BCUT2D eigenvalue weighted by molar-refractivity contribution is -0.122. The minimum Gasteiger partial charge on any atom is -0.299 e. The van der Waals surface area contributed by atoms with Gasteiger partial charge in [-0.1, -0.05) is 32.4 Å². The van der Waals surface area contributed by atoms with Crippen LogP contribution < -0.4 is 0 Å². The van der Waals surface area contributed by atoms with Crippen LogP contribution in [-0.2, 0) is 4.79 Å². The summed E-state index contributed by atoms with van der Waals surface area (Å²) in [6.45, 7) is 10.1. The third kappa shape index (κ3) is 5.11. The molecule has 0 saturated carbocycles. The van der Waals surface area contributed by atoms with Crippen molar-refractivity contribution in [2.24, 2.45) is 11.8 Å². The molecule has 0 aromatic carbocycles. The van der Waals surface area contributed by atoms with Crippen LogP contribution in [0.5, 0.6) is 0 Å². The van der Waals surface area contributed by atoms with Gasteiger partial charge in [0.15, 0.2) is 0 Å². The molecule has 1 atom stereocenters. The lowest BCUT2D eigenvalue weighted by Crippen LogP contribution is -2.10. The minimum absolute atomic E-state index is 0.179. The maximum absolute atomic E-state index is 11.3. The van der Waals surface area contributed by atoms with Crippen LogP contribution >= 0.6 is 0 Å². The number of carbonyl (C=O) groups is 1. The first kappa shape index (κ1) is 11.4. The van der Waals surface area contributed by atoms with Crippen LogP contribution in [0.4, 0.5) is 0 Å². The third-order valence-electron chi connectivity index (χ3n) is 1.78. The summed E-state index contributed by atoms with van der Waals surface area (Å²) >= 11 is 0. The average molecular weight is 168 g/mol. The Morgan fingerprint density at radius 3 is 2.08 bits per heavy atom. The zero-order chi connectivity index (χ0) is 9.72. The van der Waals surface area contributed by atoms with Crippen molar-refractivity contribution < 1.29 is 4.79 Å². The number of carbonyl (C=O) groups excluding carboxylic acids is 1. The predicted octanol–water partition coefficient (Wildman–Crippen LogP) is 3.20. The van der Waals surface area contributed by atoms with Crippen molar-refractivity contribution in [1.29, 1.82) is 0 Å². The average Bonchev–Trinajstić information content (AvgIpc) is 1.84. The van der Waals surface area contributed by atoms with E-state index in [0.29, 0.717) is 18.1 Å². The quantitative estimate of drug-likeness (QED) is 0.589. The fourth-order valence-corrected chi connectivity index (χ4v) is 1.18. The zero-order valence-corrected chi connectivity index (χ0v) is 8.85. The van der Waals surface area contributed by atoms with Crippen molar-refractivity contribution >= 4 is 5.78 Å². The molecule has 0 spiro atoms. The molecule has 0 radical (unpaired) electrons. The Morgan fingerprint density at radius 1 is 1.25 bits per heavy atom. The van der Waals surface area contributed by atoms with Crippen LogP contribution in [0.3, 0.4) is 0 Å². The first-order valence-electron chi connectivity index (χ1n) is 4.61. The number of allylic oxidation sites excluding steroid dienone is 2. The van der Waals surface area contributed by atoms with Gasteiger partial charge in [-0.3, -0.25) is 4.79 Å². The molecule has 0 N–H and O–H groups in total. The summed E-state index contributed by atoms with van der Waals surface area (Å²) in [7, 11) is 0. The molecule has 0 saturated heterocycles. The van der Waals surface area contributed by atoms with E-state index < -0.39 is 0 Å². The fraction of sp³-hybridized carbons (Fsp3) is 0.727. The van der Waals surface area contributed by atoms with E-state index in [0.717, 1.165) is 0 Å². The summed E-state index contributed by atoms with van der Waals surface area (Å²) in [6.07, 6.45) is 2.84. The van der Waals surface area contributed by atoms with Gasteiger partial charge in [0.25, 0.3) is 0 Å². The molecule has 0 amide bonds. The van der Waals surface area contributed by atoms with E-state index in [1.807, 2.05) is 13.8 Å². The molecule has 0 aliphatic carbocycles. The van der Waals surface area contributed by atoms with Crippen LogP contribution in [0.2, 0.25) is 0 Å². The molecule has 1 unspecified atom stereocenters. The molecule has 1 nitrogen and oxygen atoms in total. The zero-order valence-electron chi connectivity index (χ0n) is 8.85. The summed E-state index contributed by atoms with van der Waals surface area (Å²) in [6, 6.07) is 0. The first-order chi connectivity index (χ1) is 5.43. The molecule has 0 bridgehead atoms. The number of ketones is 1. The highest BCUT2D eigenvalue weighted by Crippen LogP contribution is 2.11. The normalized spacial score (nSPS) is 12.8. The maximum Gasteiger partial charge on any atom is 0.136 e. The van der Waals surface area contributed by atoms with Crippen LogP contribution in [0.25, 0.3) is 0 Å². The van der Waals surface area contributed by atoms with Gasteiger partial charge in [-0.15, -0.1) is 0 Å². The summed E-state index contributed by atoms with van der Waals surface area (Å²) < 4.78 is 0. The van der Waals surface area contributed by atoms with E-state index in [4.69, 9.17) is 0 Å². The van der Waals surface area contributed by atoms with Gasteiger partial charge in [-0.25, -0.2) is 0 Å². The third-order valence-corrected chi connectivity index (χ3v) is 1.78. The van der Waals surface area contributed by atoms with E-state index in [9.17, 15) is 4.79 Å². The fourth-order valence-electron chi connectivity index (χ4n) is 1.18. The molecule has 0 heterocycles. The van der Waals surface area contributed by atoms with E-state index >= 15 is 0 Å². The molecule has 0 rings (SSSR count). The second-order valence-corrected chi connectivity index (χ2v) is 4.05. The highest BCUT2D eigenvalue weighted by Gasteiger charge is 2.10. The Morgan fingerprint density at radius 2 is 1.75 bits per heavy atom. The number of Topliss-reactive ketones (excluding diaryl/α,β-unsaturated/α-hetero) is 1. The molecule has 0 aromatic heterocycles. The van der Waals surface area contributed by atoms with Crippen molar-refractivity contribution in [1.82, 2.24) is 0 Å². The van der Waals surface area contributed by atoms with Crippen LogP contribution in [0, 0.1) is 11.8 Å². The molecule has 12 heavy (non-hydrogen) atoms. The highest BCUT2D eigenvalue weighted by atomic mass is 16.1. The topological polar surface area (TPSA) is 17.1 Å². The van der Waals surface area contributed by atoms with Gasteiger partial charge in [-0.2, -0.15) is 0 Å². The molecule has 0 aliphatic rings. The number of rotatable bonds is 4. The van der Waals surface area contributed by atoms with E-state index in [2.05, 4.69) is 26.8 Å². The van der Waals surface area contributed by atoms with Gasteiger partial charge >= 0.3 is 0 Å². The lowest BCUT2D eigenvalue weighted by atomic mass is 9.96. The summed E-state index contributed by atoms with van der Waals surface area (Å²) in [5.74, 6) is 0.933. The molecule has 0 aromatic rings. The second-order valence-electron chi connectivity index (χ2n) is 4.05. The number of hydrogen-bond acceptors (Lipinski definition) is 1. The van der Waals surface area contributed by atoms with Gasteiger partial charge in [0.1, 0.15) is 5.78 Å². The molecular weight excluding hydrogens is 148 g/mol. The molecule has 70 valence electrons. The van der Waals surface area contributed by atoms with Gasteiger partial charge in [-0.05, 0) is 19.8 Å². The molecule has 1 heteroatoms. The van der Waals surface area contributed by atoms with Crippen molar-refractivity contribution in [3.05, 3.63) is 11.6 Å². The summed E-state index contributed by atoms with van der Waals surface area (Å²) in [5.41, 5.74) is 1.29. The molecule has 0 aliphatic heterocycles. The van der Waals surface area contributed by atoms with E-state index in [1.165, 1.54) is 5.57 Å². The van der Waals surface area contributed by atoms with Crippen LogP contribution in [0.15, 0.2) is 11.6 Å².